The number of likely N-dealkylation sites (N-methyl/N-ethyl adjacent to an activating group) is 1. The van der Waals surface area contributed by atoms with Crippen molar-refractivity contribution < 1.29 is 9.90 Å². The highest BCUT2D eigenvalue weighted by Gasteiger charge is 2.19. The molecule has 0 saturated carbocycles. The molecule has 0 aliphatic heterocycles. The minimum absolute atomic E-state index is 0.0920. The van der Waals surface area contributed by atoms with Crippen LogP contribution in [0, 0.1) is 0 Å². The summed E-state index contributed by atoms with van der Waals surface area (Å²) in [6.07, 6.45) is 0. The number of pyridine rings is 1. The van der Waals surface area contributed by atoms with Crippen LogP contribution in [0.4, 0.5) is 5.69 Å². The number of amides is 1. The first kappa shape index (κ1) is 13.3. The molecule has 0 saturated heterocycles. The maximum absolute atomic E-state index is 12.2. The summed E-state index contributed by atoms with van der Waals surface area (Å²) in [6.45, 7) is 1.67. The average Bonchev–Trinajstić information content (AvgIpc) is 2.44. The summed E-state index contributed by atoms with van der Waals surface area (Å²) in [7, 11) is 1.64. The average molecular weight is 259 g/mol. The van der Waals surface area contributed by atoms with Crippen LogP contribution in [-0.4, -0.2) is 40.6 Å². The van der Waals surface area contributed by atoms with Crippen LogP contribution in [0.5, 0.6) is 0 Å². The van der Waals surface area contributed by atoms with E-state index in [1.807, 2.05) is 24.3 Å². The van der Waals surface area contributed by atoms with Crippen LogP contribution >= 0.6 is 0 Å². The Labute approximate surface area is 111 Å². The third-order valence-electron chi connectivity index (χ3n) is 3.21. The summed E-state index contributed by atoms with van der Waals surface area (Å²) in [5.74, 6) is -0.251. The second-order valence-corrected chi connectivity index (χ2v) is 4.56. The van der Waals surface area contributed by atoms with Crippen molar-refractivity contribution in [3.63, 3.8) is 0 Å². The van der Waals surface area contributed by atoms with Gasteiger partial charge in [-0.15, -0.1) is 0 Å². The lowest BCUT2D eigenvalue weighted by Gasteiger charge is -2.23. The molecule has 2 rings (SSSR count). The quantitative estimate of drug-likeness (QED) is 0.870. The fourth-order valence-corrected chi connectivity index (χ4v) is 1.82. The maximum atomic E-state index is 12.2. The van der Waals surface area contributed by atoms with Crippen LogP contribution in [0.25, 0.3) is 10.9 Å². The van der Waals surface area contributed by atoms with Gasteiger partial charge in [0.15, 0.2) is 0 Å². The summed E-state index contributed by atoms with van der Waals surface area (Å²) in [4.78, 5) is 18.0. The highest BCUT2D eigenvalue weighted by atomic mass is 16.3. The Balaban J connectivity index is 2.43. The number of carbonyl (C=O) groups is 1. The van der Waals surface area contributed by atoms with Gasteiger partial charge in [-0.25, -0.2) is 4.98 Å². The molecule has 19 heavy (non-hydrogen) atoms. The number of aromatic nitrogens is 1. The summed E-state index contributed by atoms with van der Waals surface area (Å²) in [5, 5.41) is 9.92. The van der Waals surface area contributed by atoms with E-state index in [-0.39, 0.29) is 18.6 Å². The number of carbonyl (C=O) groups excluding carboxylic acids is 1. The number of nitrogens with zero attached hydrogens (tertiary/aromatic N) is 2. The highest BCUT2D eigenvalue weighted by molar-refractivity contribution is 5.99. The van der Waals surface area contributed by atoms with Gasteiger partial charge < -0.3 is 15.7 Å². The number of nitrogens with two attached hydrogens (primary N) is 1. The number of para-hydroxylation sites is 1. The fraction of sp³-hybridized carbons (Fsp3) is 0.286. The molecule has 0 spiro atoms. The van der Waals surface area contributed by atoms with E-state index in [0.717, 1.165) is 5.39 Å². The van der Waals surface area contributed by atoms with Crippen molar-refractivity contribution in [1.29, 1.82) is 0 Å². The van der Waals surface area contributed by atoms with Crippen LogP contribution in [0.2, 0.25) is 0 Å². The molecule has 100 valence electrons. The number of rotatable bonds is 3. The van der Waals surface area contributed by atoms with Crippen molar-refractivity contribution in [3.8, 4) is 0 Å². The van der Waals surface area contributed by atoms with Gasteiger partial charge in [0.05, 0.1) is 18.2 Å². The van der Waals surface area contributed by atoms with E-state index < -0.39 is 0 Å². The Morgan fingerprint density at radius 1 is 1.47 bits per heavy atom. The number of nitrogen functional groups attached to an aromatic ring is 1. The van der Waals surface area contributed by atoms with E-state index in [2.05, 4.69) is 4.98 Å². The third kappa shape index (κ3) is 2.51. The van der Waals surface area contributed by atoms with E-state index in [1.165, 1.54) is 4.90 Å². The number of aliphatic hydroxyl groups excluding tert-OH is 1. The number of hydrogen-bond acceptors (Lipinski definition) is 4. The Hall–Kier alpha value is -2.14. The van der Waals surface area contributed by atoms with Gasteiger partial charge in [-0.05, 0) is 19.1 Å². The second-order valence-electron chi connectivity index (χ2n) is 4.56. The zero-order chi connectivity index (χ0) is 14.0. The largest absolute Gasteiger partial charge is 0.398 e. The fourth-order valence-electron chi connectivity index (χ4n) is 1.82. The minimum Gasteiger partial charge on any atom is -0.398 e. The van der Waals surface area contributed by atoms with Crippen LogP contribution in [0.15, 0.2) is 30.3 Å². The normalized spacial score (nSPS) is 12.4. The van der Waals surface area contributed by atoms with Crippen LogP contribution in [0.3, 0.4) is 0 Å². The summed E-state index contributed by atoms with van der Waals surface area (Å²) in [6, 6.07) is 8.72. The molecule has 1 unspecified atom stereocenters. The zero-order valence-electron chi connectivity index (χ0n) is 11.0. The molecule has 2 aromatic rings. The topological polar surface area (TPSA) is 79.5 Å². The van der Waals surface area contributed by atoms with Crippen molar-refractivity contribution >= 4 is 22.5 Å². The summed E-state index contributed by atoms with van der Waals surface area (Å²) >= 11 is 0. The van der Waals surface area contributed by atoms with Crippen molar-refractivity contribution in [2.75, 3.05) is 19.4 Å². The van der Waals surface area contributed by atoms with Gasteiger partial charge in [0, 0.05) is 18.1 Å². The molecule has 0 aliphatic rings. The van der Waals surface area contributed by atoms with E-state index >= 15 is 0 Å². The minimum atomic E-state index is -0.262. The molecule has 1 atom stereocenters. The Bertz CT molecular complexity index is 613. The molecular formula is C14H17N3O2. The second kappa shape index (κ2) is 5.24. The van der Waals surface area contributed by atoms with Gasteiger partial charge in [-0.3, -0.25) is 4.79 Å². The van der Waals surface area contributed by atoms with Crippen LogP contribution in [-0.2, 0) is 0 Å². The molecule has 5 nitrogen and oxygen atoms in total. The first-order valence-corrected chi connectivity index (χ1v) is 6.08. The van der Waals surface area contributed by atoms with E-state index in [1.54, 1.807) is 20.0 Å². The number of fused-ring (bicyclic) bond motifs is 1. The first-order chi connectivity index (χ1) is 9.04. The monoisotopic (exact) mass is 259 g/mol. The zero-order valence-corrected chi connectivity index (χ0v) is 11.0. The van der Waals surface area contributed by atoms with Crippen LogP contribution in [0.1, 0.15) is 17.4 Å². The summed E-state index contributed by atoms with van der Waals surface area (Å²) < 4.78 is 0. The van der Waals surface area contributed by atoms with Gasteiger partial charge in [0.25, 0.3) is 5.91 Å². The Morgan fingerprint density at radius 3 is 2.84 bits per heavy atom. The smallest absolute Gasteiger partial charge is 0.272 e. The molecule has 5 heteroatoms. The van der Waals surface area contributed by atoms with Gasteiger partial charge >= 0.3 is 0 Å². The molecule has 0 aliphatic carbocycles. The Morgan fingerprint density at radius 2 is 2.16 bits per heavy atom. The lowest BCUT2D eigenvalue weighted by atomic mass is 10.1. The van der Waals surface area contributed by atoms with E-state index in [0.29, 0.717) is 16.9 Å². The van der Waals surface area contributed by atoms with E-state index in [4.69, 9.17) is 10.8 Å². The molecule has 1 heterocycles. The highest BCUT2D eigenvalue weighted by Crippen LogP contribution is 2.20. The molecule has 1 aromatic carbocycles. The van der Waals surface area contributed by atoms with Crippen LogP contribution < -0.4 is 5.73 Å². The molecule has 0 fully saturated rings. The summed E-state index contributed by atoms with van der Waals surface area (Å²) in [5.41, 5.74) is 7.45. The van der Waals surface area contributed by atoms with Crippen molar-refractivity contribution in [1.82, 2.24) is 9.88 Å². The lowest BCUT2D eigenvalue weighted by Crippen LogP contribution is -2.37. The number of benzene rings is 1. The first-order valence-electron chi connectivity index (χ1n) is 6.08. The van der Waals surface area contributed by atoms with Crippen molar-refractivity contribution in [2.24, 2.45) is 0 Å². The van der Waals surface area contributed by atoms with Gasteiger partial charge in [-0.1, -0.05) is 18.2 Å². The van der Waals surface area contributed by atoms with Gasteiger partial charge in [0.2, 0.25) is 0 Å². The standard InChI is InChI=1S/C14H17N3O2/c1-9(8-18)17(2)14(19)13-7-11(15)10-5-3-4-6-12(10)16-13/h3-7,9,18H,8H2,1-2H3,(H2,15,16). The Kier molecular flexibility index (Phi) is 3.66. The molecule has 1 amide bonds. The molecule has 1 aromatic heterocycles. The lowest BCUT2D eigenvalue weighted by molar-refractivity contribution is 0.0677. The van der Waals surface area contributed by atoms with E-state index in [9.17, 15) is 4.79 Å². The number of hydrogen-bond donors (Lipinski definition) is 2. The van der Waals surface area contributed by atoms with Gasteiger partial charge in [-0.2, -0.15) is 0 Å². The number of anilines is 1. The SMILES string of the molecule is CC(CO)N(C)C(=O)c1cc(N)c2ccccc2n1. The molecule has 0 bridgehead atoms. The predicted octanol–water partition coefficient (Wildman–Crippen LogP) is 1.27. The van der Waals surface area contributed by atoms with Crippen molar-refractivity contribution in [2.45, 2.75) is 13.0 Å². The maximum Gasteiger partial charge on any atom is 0.272 e. The molecule has 3 N–H and O–H groups in total. The number of aliphatic hydroxyl groups is 1. The third-order valence-corrected chi connectivity index (χ3v) is 3.21. The predicted molar refractivity (Wildman–Crippen MR) is 74.8 cm³/mol. The van der Waals surface area contributed by atoms with Gasteiger partial charge in [0.1, 0.15) is 5.69 Å². The molecular weight excluding hydrogens is 242 g/mol. The van der Waals surface area contributed by atoms with Crippen molar-refractivity contribution in [3.05, 3.63) is 36.0 Å². The molecule has 0 radical (unpaired) electrons.